The first kappa shape index (κ1) is 20.2. The van der Waals surface area contributed by atoms with Crippen molar-refractivity contribution in [2.75, 3.05) is 6.54 Å². The fraction of sp³-hybridized carbons (Fsp3) is 0.217. The van der Waals surface area contributed by atoms with Gasteiger partial charge < -0.3 is 4.90 Å². The zero-order valence-corrected chi connectivity index (χ0v) is 16.9. The maximum absolute atomic E-state index is 13.6. The Morgan fingerprint density at radius 3 is 2.60 bits per heavy atom. The van der Waals surface area contributed by atoms with Crippen LogP contribution in [0.1, 0.15) is 43.3 Å². The normalized spacial score (nSPS) is 13.4. The molecule has 0 aliphatic carbocycles. The number of thiazole rings is 1. The van der Waals surface area contributed by atoms with Gasteiger partial charge in [0.15, 0.2) is 0 Å². The largest absolute Gasteiger partial charge is 0.417 e. The monoisotopic (exact) mass is 426 g/mol. The van der Waals surface area contributed by atoms with Gasteiger partial charge in [0.25, 0.3) is 5.91 Å². The Morgan fingerprint density at radius 1 is 1.13 bits per heavy atom. The van der Waals surface area contributed by atoms with Crippen molar-refractivity contribution in [3.63, 3.8) is 0 Å². The van der Waals surface area contributed by atoms with Crippen LogP contribution in [0.5, 0.6) is 0 Å². The summed E-state index contributed by atoms with van der Waals surface area (Å²) in [6.07, 6.45) is -4.01. The first-order valence-corrected chi connectivity index (χ1v) is 10.2. The van der Waals surface area contributed by atoms with Crippen LogP contribution in [-0.2, 0) is 19.1 Å². The van der Waals surface area contributed by atoms with Crippen molar-refractivity contribution < 1.29 is 18.0 Å². The van der Waals surface area contributed by atoms with Crippen LogP contribution in [0.3, 0.4) is 0 Å². The second-order valence-electron chi connectivity index (χ2n) is 7.01. The standard InChI is InChI=1S/C23H17F3N2OS/c1-15-27-19(14-30-15)8-6-16-7-9-21(23(24,25)26)20(12-16)22(29)28-11-10-17-4-2-3-5-18(17)13-28/h2-5,7,9,12,14H,10-11,13H2,1H3. The number of alkyl halides is 3. The summed E-state index contributed by atoms with van der Waals surface area (Å²) < 4.78 is 40.8. The van der Waals surface area contributed by atoms with E-state index in [4.69, 9.17) is 0 Å². The minimum Gasteiger partial charge on any atom is -0.334 e. The van der Waals surface area contributed by atoms with Crippen LogP contribution in [0.25, 0.3) is 0 Å². The number of amides is 1. The molecule has 4 rings (SSSR count). The number of fused-ring (bicyclic) bond motifs is 1. The molecule has 2 aromatic carbocycles. The van der Waals surface area contributed by atoms with Crippen molar-refractivity contribution in [2.45, 2.75) is 26.1 Å². The summed E-state index contributed by atoms with van der Waals surface area (Å²) in [5.41, 5.74) is 1.66. The molecule has 1 aliphatic heterocycles. The number of aromatic nitrogens is 1. The number of hydrogen-bond acceptors (Lipinski definition) is 3. The molecule has 3 nitrogen and oxygen atoms in total. The van der Waals surface area contributed by atoms with Gasteiger partial charge in [-0.05, 0) is 48.6 Å². The predicted molar refractivity (Wildman–Crippen MR) is 109 cm³/mol. The summed E-state index contributed by atoms with van der Waals surface area (Å²) in [6.45, 7) is 2.52. The molecule has 0 radical (unpaired) electrons. The van der Waals surface area contributed by atoms with E-state index in [2.05, 4.69) is 16.8 Å². The second-order valence-corrected chi connectivity index (χ2v) is 8.07. The highest BCUT2D eigenvalue weighted by atomic mass is 32.1. The van der Waals surface area contributed by atoms with Gasteiger partial charge in [-0.1, -0.05) is 30.2 Å². The summed E-state index contributed by atoms with van der Waals surface area (Å²) in [5.74, 6) is 5.03. The van der Waals surface area contributed by atoms with E-state index in [1.807, 2.05) is 31.2 Å². The quantitative estimate of drug-likeness (QED) is 0.509. The number of rotatable bonds is 1. The molecule has 3 aromatic rings. The van der Waals surface area contributed by atoms with Gasteiger partial charge in [-0.2, -0.15) is 13.2 Å². The maximum atomic E-state index is 13.6. The molecule has 0 N–H and O–H groups in total. The molecule has 1 amide bonds. The molecule has 0 saturated heterocycles. The fourth-order valence-corrected chi connectivity index (χ4v) is 3.99. The molecule has 30 heavy (non-hydrogen) atoms. The Kier molecular flexibility index (Phi) is 5.35. The third-order valence-electron chi connectivity index (χ3n) is 4.93. The number of aryl methyl sites for hydroxylation is 1. The number of hydrogen-bond donors (Lipinski definition) is 0. The molecule has 152 valence electrons. The summed E-state index contributed by atoms with van der Waals surface area (Å²) in [7, 11) is 0. The highest BCUT2D eigenvalue weighted by molar-refractivity contribution is 7.09. The van der Waals surface area contributed by atoms with Gasteiger partial charge in [0.2, 0.25) is 0 Å². The van der Waals surface area contributed by atoms with Crippen LogP contribution < -0.4 is 0 Å². The van der Waals surface area contributed by atoms with Crippen LogP contribution in [0.15, 0.2) is 47.8 Å². The van der Waals surface area contributed by atoms with Crippen LogP contribution in [-0.4, -0.2) is 22.3 Å². The van der Waals surface area contributed by atoms with Crippen molar-refractivity contribution in [1.82, 2.24) is 9.88 Å². The summed E-state index contributed by atoms with van der Waals surface area (Å²) in [4.78, 5) is 18.8. The lowest BCUT2D eigenvalue weighted by Crippen LogP contribution is -2.37. The van der Waals surface area contributed by atoms with E-state index in [0.717, 1.165) is 22.2 Å². The molecule has 0 atom stereocenters. The molecule has 0 spiro atoms. The van der Waals surface area contributed by atoms with Crippen molar-refractivity contribution in [1.29, 1.82) is 0 Å². The average molecular weight is 426 g/mol. The Bertz CT molecular complexity index is 1170. The smallest absolute Gasteiger partial charge is 0.334 e. The average Bonchev–Trinajstić information content (AvgIpc) is 3.15. The van der Waals surface area contributed by atoms with Gasteiger partial charge in [-0.25, -0.2) is 4.98 Å². The lowest BCUT2D eigenvalue weighted by atomic mass is 9.97. The Hall–Kier alpha value is -3.11. The van der Waals surface area contributed by atoms with Crippen LogP contribution in [0.4, 0.5) is 13.2 Å². The zero-order chi connectivity index (χ0) is 21.3. The minimum atomic E-state index is -4.63. The van der Waals surface area contributed by atoms with E-state index >= 15 is 0 Å². The van der Waals surface area contributed by atoms with Crippen molar-refractivity contribution in [3.05, 3.63) is 86.4 Å². The van der Waals surface area contributed by atoms with E-state index in [1.54, 1.807) is 5.38 Å². The third kappa shape index (κ3) is 4.24. The van der Waals surface area contributed by atoms with E-state index in [-0.39, 0.29) is 5.56 Å². The van der Waals surface area contributed by atoms with Crippen LogP contribution in [0.2, 0.25) is 0 Å². The molecule has 2 heterocycles. The van der Waals surface area contributed by atoms with Gasteiger partial charge in [0, 0.05) is 24.0 Å². The topological polar surface area (TPSA) is 33.2 Å². The first-order chi connectivity index (χ1) is 14.3. The van der Waals surface area contributed by atoms with Crippen molar-refractivity contribution in [2.24, 2.45) is 0 Å². The molecular formula is C23H17F3N2OS. The summed E-state index contributed by atoms with van der Waals surface area (Å²) in [6, 6.07) is 11.1. The van der Waals surface area contributed by atoms with Gasteiger partial charge in [-0.15, -0.1) is 11.3 Å². The number of benzene rings is 2. The maximum Gasteiger partial charge on any atom is 0.417 e. The first-order valence-electron chi connectivity index (χ1n) is 9.33. The Labute approximate surface area is 176 Å². The van der Waals surface area contributed by atoms with E-state index in [9.17, 15) is 18.0 Å². The van der Waals surface area contributed by atoms with Crippen LogP contribution >= 0.6 is 11.3 Å². The number of carbonyl (C=O) groups excluding carboxylic acids is 1. The van der Waals surface area contributed by atoms with Gasteiger partial charge in [-0.3, -0.25) is 4.79 Å². The van der Waals surface area contributed by atoms with Gasteiger partial charge in [0.05, 0.1) is 16.1 Å². The number of carbonyl (C=O) groups is 1. The molecule has 0 fully saturated rings. The minimum absolute atomic E-state index is 0.292. The number of nitrogens with zero attached hydrogens (tertiary/aromatic N) is 2. The number of halogens is 3. The molecule has 1 aromatic heterocycles. The summed E-state index contributed by atoms with van der Waals surface area (Å²) >= 11 is 1.44. The van der Waals surface area contributed by atoms with Crippen molar-refractivity contribution in [3.8, 4) is 11.8 Å². The third-order valence-corrected chi connectivity index (χ3v) is 5.70. The molecule has 7 heteroatoms. The second kappa shape index (κ2) is 7.96. The van der Waals surface area contributed by atoms with E-state index in [0.29, 0.717) is 30.8 Å². The van der Waals surface area contributed by atoms with Gasteiger partial charge in [0.1, 0.15) is 5.69 Å². The van der Waals surface area contributed by atoms with Crippen LogP contribution in [0, 0.1) is 18.8 Å². The lowest BCUT2D eigenvalue weighted by Gasteiger charge is -2.29. The SMILES string of the molecule is Cc1nc(C#Cc2ccc(C(F)(F)F)c(C(=O)N3CCc4ccccc4C3)c2)cs1. The fourth-order valence-electron chi connectivity index (χ4n) is 3.44. The highest BCUT2D eigenvalue weighted by Gasteiger charge is 2.36. The Balaban J connectivity index is 1.68. The molecule has 0 unspecified atom stereocenters. The zero-order valence-electron chi connectivity index (χ0n) is 16.1. The molecule has 0 bridgehead atoms. The van der Waals surface area contributed by atoms with E-state index in [1.165, 1.54) is 28.4 Å². The molecular weight excluding hydrogens is 409 g/mol. The molecule has 1 aliphatic rings. The van der Waals surface area contributed by atoms with E-state index < -0.39 is 17.6 Å². The Morgan fingerprint density at radius 2 is 1.90 bits per heavy atom. The summed E-state index contributed by atoms with van der Waals surface area (Å²) in [5, 5.41) is 2.64. The predicted octanol–water partition coefficient (Wildman–Crippen LogP) is 5.07. The molecule has 0 saturated carbocycles. The highest BCUT2D eigenvalue weighted by Crippen LogP contribution is 2.34. The van der Waals surface area contributed by atoms with Crippen molar-refractivity contribution >= 4 is 17.2 Å². The lowest BCUT2D eigenvalue weighted by molar-refractivity contribution is -0.138. The van der Waals surface area contributed by atoms with Gasteiger partial charge >= 0.3 is 6.18 Å².